The number of hydrogen-bond acceptors (Lipinski definition) is 3. The molecule has 1 saturated carbocycles. The van der Waals surface area contributed by atoms with Gasteiger partial charge in [-0.3, -0.25) is 14.4 Å². The number of anilines is 1. The number of carboxylic acids is 1. The van der Waals surface area contributed by atoms with Gasteiger partial charge in [-0.1, -0.05) is 43.4 Å². The summed E-state index contributed by atoms with van der Waals surface area (Å²) in [6.45, 7) is 0. The van der Waals surface area contributed by atoms with Gasteiger partial charge in [0.15, 0.2) is 0 Å². The molecule has 0 radical (unpaired) electrons. The van der Waals surface area contributed by atoms with Crippen LogP contribution >= 0.6 is 11.6 Å². The molecule has 0 aromatic heterocycles. The van der Waals surface area contributed by atoms with Crippen molar-refractivity contribution in [2.24, 2.45) is 11.1 Å². The third-order valence-corrected chi connectivity index (χ3v) is 4.86. The van der Waals surface area contributed by atoms with Gasteiger partial charge in [-0.2, -0.15) is 0 Å². The topological polar surface area (TPSA) is 109 Å². The van der Waals surface area contributed by atoms with E-state index in [0.29, 0.717) is 12.8 Å². The molecule has 6 nitrogen and oxygen atoms in total. The Labute approximate surface area is 145 Å². The number of carbonyl (C=O) groups is 3. The van der Waals surface area contributed by atoms with Crippen molar-refractivity contribution in [3.8, 4) is 0 Å². The number of hydrogen-bond donors (Lipinski definition) is 3. The molecule has 0 saturated heterocycles. The first-order valence-electron chi connectivity index (χ1n) is 7.97. The van der Waals surface area contributed by atoms with Crippen molar-refractivity contribution >= 4 is 35.1 Å². The number of halogens is 1. The van der Waals surface area contributed by atoms with E-state index < -0.39 is 23.2 Å². The van der Waals surface area contributed by atoms with E-state index in [1.807, 2.05) is 0 Å². The molecule has 0 atom stereocenters. The molecule has 130 valence electrons. The molecule has 24 heavy (non-hydrogen) atoms. The third-order valence-electron chi connectivity index (χ3n) is 4.55. The first kappa shape index (κ1) is 18.3. The van der Waals surface area contributed by atoms with Gasteiger partial charge in [0, 0.05) is 6.42 Å². The third kappa shape index (κ3) is 4.06. The molecule has 1 aliphatic rings. The molecule has 0 unspecified atom stereocenters. The summed E-state index contributed by atoms with van der Waals surface area (Å²) >= 11 is 5.95. The van der Waals surface area contributed by atoms with Crippen LogP contribution in [0.5, 0.6) is 0 Å². The van der Waals surface area contributed by atoms with Crippen LogP contribution in [0.15, 0.2) is 18.2 Å². The van der Waals surface area contributed by atoms with Crippen LogP contribution in [0.25, 0.3) is 0 Å². The average Bonchev–Trinajstić information content (AvgIpc) is 2.73. The van der Waals surface area contributed by atoms with Gasteiger partial charge in [-0.05, 0) is 25.0 Å². The number of amides is 2. The number of benzene rings is 1. The van der Waals surface area contributed by atoms with Crippen LogP contribution in [0.4, 0.5) is 5.69 Å². The van der Waals surface area contributed by atoms with Crippen molar-refractivity contribution in [2.75, 3.05) is 5.32 Å². The number of nitrogens with one attached hydrogen (secondary N) is 1. The summed E-state index contributed by atoms with van der Waals surface area (Å²) in [5, 5.41) is 12.4. The zero-order chi connectivity index (χ0) is 17.7. The van der Waals surface area contributed by atoms with Gasteiger partial charge in [0.25, 0.3) is 5.91 Å². The van der Waals surface area contributed by atoms with E-state index in [-0.39, 0.29) is 22.7 Å². The lowest BCUT2D eigenvalue weighted by atomic mass is 9.77. The monoisotopic (exact) mass is 352 g/mol. The Kier molecular flexibility index (Phi) is 5.83. The predicted molar refractivity (Wildman–Crippen MR) is 91.0 cm³/mol. The maximum atomic E-state index is 12.4. The summed E-state index contributed by atoms with van der Waals surface area (Å²) in [6.07, 6.45) is 4.38. The lowest BCUT2D eigenvalue weighted by molar-refractivity contribution is -0.152. The molecule has 1 aliphatic carbocycles. The Morgan fingerprint density at radius 2 is 1.79 bits per heavy atom. The van der Waals surface area contributed by atoms with Gasteiger partial charge in [0.05, 0.1) is 21.7 Å². The lowest BCUT2D eigenvalue weighted by Crippen LogP contribution is -2.35. The van der Waals surface area contributed by atoms with Crippen molar-refractivity contribution in [3.05, 3.63) is 28.8 Å². The summed E-state index contributed by atoms with van der Waals surface area (Å²) in [4.78, 5) is 35.7. The Hall–Kier alpha value is -2.08. The lowest BCUT2D eigenvalue weighted by Gasteiger charge is -2.27. The first-order chi connectivity index (χ1) is 11.4. The largest absolute Gasteiger partial charge is 0.481 e. The Morgan fingerprint density at radius 1 is 1.17 bits per heavy atom. The summed E-state index contributed by atoms with van der Waals surface area (Å²) in [5.41, 5.74) is 4.48. The molecule has 4 N–H and O–H groups in total. The molecular weight excluding hydrogens is 332 g/mol. The van der Waals surface area contributed by atoms with E-state index >= 15 is 0 Å². The highest BCUT2D eigenvalue weighted by atomic mass is 35.5. The highest BCUT2D eigenvalue weighted by Gasteiger charge is 2.40. The molecule has 0 aliphatic heterocycles. The molecule has 0 spiro atoms. The van der Waals surface area contributed by atoms with Crippen molar-refractivity contribution < 1.29 is 19.5 Å². The molecule has 2 rings (SSSR count). The van der Waals surface area contributed by atoms with Crippen molar-refractivity contribution in [1.82, 2.24) is 0 Å². The van der Waals surface area contributed by atoms with E-state index in [1.54, 1.807) is 6.07 Å². The standard InChI is InChI=1S/C17H21ClN2O4/c18-11-6-5-7-12(14(11)15(19)22)20-13(21)10-17(16(23)24)8-3-1-2-4-9-17/h5-7H,1-4,8-10H2,(H2,19,22)(H,20,21)(H,23,24). The normalized spacial score (nSPS) is 16.9. The van der Waals surface area contributed by atoms with Gasteiger partial charge in [-0.15, -0.1) is 0 Å². The fourth-order valence-corrected chi connectivity index (χ4v) is 3.52. The van der Waals surface area contributed by atoms with Crippen LogP contribution in [0.1, 0.15) is 55.3 Å². The van der Waals surface area contributed by atoms with Gasteiger partial charge < -0.3 is 16.2 Å². The molecule has 0 heterocycles. The quantitative estimate of drug-likeness (QED) is 0.707. The fraction of sp³-hybridized carbons (Fsp3) is 0.471. The van der Waals surface area contributed by atoms with Gasteiger partial charge in [-0.25, -0.2) is 0 Å². The maximum Gasteiger partial charge on any atom is 0.310 e. The maximum absolute atomic E-state index is 12.4. The highest BCUT2D eigenvalue weighted by molar-refractivity contribution is 6.34. The molecule has 1 aromatic carbocycles. The number of carbonyl (C=O) groups excluding carboxylic acids is 2. The molecular formula is C17H21ClN2O4. The number of aliphatic carboxylic acids is 1. The number of carboxylic acid groups (broad SMARTS) is 1. The van der Waals surface area contributed by atoms with Crippen molar-refractivity contribution in [3.63, 3.8) is 0 Å². The Bertz CT molecular complexity index is 652. The van der Waals surface area contributed by atoms with E-state index in [9.17, 15) is 19.5 Å². The Morgan fingerprint density at radius 3 is 2.33 bits per heavy atom. The second-order valence-corrected chi connectivity index (χ2v) is 6.66. The van der Waals surface area contributed by atoms with Crippen LogP contribution in [-0.2, 0) is 9.59 Å². The van der Waals surface area contributed by atoms with Crippen LogP contribution in [0, 0.1) is 5.41 Å². The first-order valence-corrected chi connectivity index (χ1v) is 8.35. The smallest absolute Gasteiger partial charge is 0.310 e. The van der Waals surface area contributed by atoms with Crippen molar-refractivity contribution in [1.29, 1.82) is 0 Å². The van der Waals surface area contributed by atoms with Gasteiger partial charge in [0.2, 0.25) is 5.91 Å². The van der Waals surface area contributed by atoms with E-state index in [1.165, 1.54) is 12.1 Å². The summed E-state index contributed by atoms with van der Waals surface area (Å²) in [7, 11) is 0. The molecule has 0 bridgehead atoms. The van der Waals surface area contributed by atoms with E-state index in [0.717, 1.165) is 25.7 Å². The minimum Gasteiger partial charge on any atom is -0.481 e. The molecule has 2 amide bonds. The minimum atomic E-state index is -1.05. The second kappa shape index (κ2) is 7.66. The van der Waals surface area contributed by atoms with Crippen LogP contribution in [0.3, 0.4) is 0 Å². The van der Waals surface area contributed by atoms with Crippen LogP contribution in [-0.4, -0.2) is 22.9 Å². The zero-order valence-corrected chi connectivity index (χ0v) is 14.1. The van der Waals surface area contributed by atoms with Crippen molar-refractivity contribution in [2.45, 2.75) is 44.9 Å². The number of primary amides is 1. The molecule has 7 heteroatoms. The molecule has 1 fully saturated rings. The molecule has 1 aromatic rings. The zero-order valence-electron chi connectivity index (χ0n) is 13.3. The Balaban J connectivity index is 2.19. The average molecular weight is 353 g/mol. The number of rotatable bonds is 5. The predicted octanol–water partition coefficient (Wildman–Crippen LogP) is 3.19. The van der Waals surface area contributed by atoms with Gasteiger partial charge >= 0.3 is 5.97 Å². The highest BCUT2D eigenvalue weighted by Crippen LogP contribution is 2.39. The van der Waals surface area contributed by atoms with E-state index in [2.05, 4.69) is 5.32 Å². The SMILES string of the molecule is NC(=O)c1c(Cl)cccc1NC(=O)CC1(C(=O)O)CCCCCC1. The number of nitrogens with two attached hydrogens (primary N) is 1. The minimum absolute atomic E-state index is 0.0257. The second-order valence-electron chi connectivity index (χ2n) is 6.25. The fourth-order valence-electron chi connectivity index (χ4n) is 3.25. The van der Waals surface area contributed by atoms with E-state index in [4.69, 9.17) is 17.3 Å². The summed E-state index contributed by atoms with van der Waals surface area (Å²) in [5.74, 6) is -2.15. The van der Waals surface area contributed by atoms with Crippen LogP contribution < -0.4 is 11.1 Å². The van der Waals surface area contributed by atoms with Crippen LogP contribution in [0.2, 0.25) is 5.02 Å². The van der Waals surface area contributed by atoms with Gasteiger partial charge in [0.1, 0.15) is 0 Å². The summed E-state index contributed by atoms with van der Waals surface area (Å²) < 4.78 is 0. The summed E-state index contributed by atoms with van der Waals surface area (Å²) in [6, 6.07) is 4.61.